The molecule has 1 heterocycles. The minimum absolute atomic E-state index is 0.0376. The van der Waals surface area contributed by atoms with Gasteiger partial charge in [0.2, 0.25) is 0 Å². The number of fused-ring (bicyclic) bond motifs is 1. The Morgan fingerprint density at radius 3 is 2.11 bits per heavy atom. The SMILES string of the molecule is FC(F)(F)c1cc(C(F)(F)F)c2c(Cl)ccnc2c1. The largest absolute Gasteiger partial charge is 0.417 e. The van der Waals surface area contributed by atoms with Gasteiger partial charge in [0.25, 0.3) is 0 Å². The van der Waals surface area contributed by atoms with Crippen LogP contribution in [0.4, 0.5) is 26.3 Å². The van der Waals surface area contributed by atoms with Gasteiger partial charge in [-0.3, -0.25) is 4.98 Å². The van der Waals surface area contributed by atoms with E-state index < -0.39 is 34.4 Å². The van der Waals surface area contributed by atoms with Crippen LogP contribution in [0.1, 0.15) is 11.1 Å². The molecule has 102 valence electrons. The van der Waals surface area contributed by atoms with Crippen LogP contribution in [0.2, 0.25) is 5.02 Å². The highest BCUT2D eigenvalue weighted by atomic mass is 35.5. The van der Waals surface area contributed by atoms with E-state index in [2.05, 4.69) is 4.98 Å². The Hall–Kier alpha value is -1.50. The van der Waals surface area contributed by atoms with E-state index in [-0.39, 0.29) is 11.1 Å². The van der Waals surface area contributed by atoms with E-state index >= 15 is 0 Å². The van der Waals surface area contributed by atoms with E-state index in [9.17, 15) is 26.3 Å². The van der Waals surface area contributed by atoms with Crippen molar-refractivity contribution in [2.75, 3.05) is 0 Å². The summed E-state index contributed by atoms with van der Waals surface area (Å²) in [5.41, 5.74) is -3.31. The molecule has 0 spiro atoms. The van der Waals surface area contributed by atoms with Crippen molar-refractivity contribution < 1.29 is 26.3 Å². The van der Waals surface area contributed by atoms with Crippen LogP contribution >= 0.6 is 11.6 Å². The lowest BCUT2D eigenvalue weighted by molar-refractivity contribution is -0.142. The van der Waals surface area contributed by atoms with Crippen LogP contribution in [0.15, 0.2) is 24.4 Å². The molecule has 0 fully saturated rings. The zero-order valence-corrected chi connectivity index (χ0v) is 9.66. The predicted octanol–water partition coefficient (Wildman–Crippen LogP) is 4.93. The summed E-state index contributed by atoms with van der Waals surface area (Å²) in [5.74, 6) is 0. The minimum Gasteiger partial charge on any atom is -0.256 e. The number of hydrogen-bond acceptors (Lipinski definition) is 1. The fraction of sp³-hybridized carbons (Fsp3) is 0.182. The first-order valence-electron chi connectivity index (χ1n) is 4.83. The van der Waals surface area contributed by atoms with Gasteiger partial charge in [-0.15, -0.1) is 0 Å². The smallest absolute Gasteiger partial charge is 0.256 e. The van der Waals surface area contributed by atoms with Gasteiger partial charge in [0.15, 0.2) is 0 Å². The molecule has 1 aromatic heterocycles. The molecule has 1 nitrogen and oxygen atoms in total. The van der Waals surface area contributed by atoms with E-state index in [4.69, 9.17) is 11.6 Å². The van der Waals surface area contributed by atoms with E-state index in [0.717, 1.165) is 12.3 Å². The maximum atomic E-state index is 12.8. The summed E-state index contributed by atoms with van der Waals surface area (Å²) in [4.78, 5) is 3.51. The van der Waals surface area contributed by atoms with Gasteiger partial charge in [-0.25, -0.2) is 0 Å². The van der Waals surface area contributed by atoms with Gasteiger partial charge in [-0.1, -0.05) is 11.6 Å². The lowest BCUT2D eigenvalue weighted by atomic mass is 10.0. The summed E-state index contributed by atoms with van der Waals surface area (Å²) >= 11 is 5.61. The van der Waals surface area contributed by atoms with Gasteiger partial charge in [0.05, 0.1) is 21.7 Å². The molecule has 0 saturated carbocycles. The Kier molecular flexibility index (Phi) is 3.12. The third-order valence-electron chi connectivity index (χ3n) is 2.42. The minimum atomic E-state index is -4.95. The standard InChI is InChI=1S/C11H4ClF6N/c12-7-1-2-19-8-4-5(10(13,14)15)3-6(9(7)8)11(16,17)18/h1-4H. The van der Waals surface area contributed by atoms with E-state index in [1.807, 2.05) is 0 Å². The lowest BCUT2D eigenvalue weighted by Gasteiger charge is -2.15. The summed E-state index contributed by atoms with van der Waals surface area (Å²) in [6, 6.07) is 1.67. The van der Waals surface area contributed by atoms with Gasteiger partial charge < -0.3 is 0 Å². The molecule has 0 aliphatic carbocycles. The Bertz CT molecular complexity index is 631. The second-order valence-corrected chi connectivity index (χ2v) is 4.11. The quantitative estimate of drug-likeness (QED) is 0.629. The average Bonchev–Trinajstić information content (AvgIpc) is 2.25. The summed E-state index contributed by atoms with van der Waals surface area (Å²) in [6.07, 6.45) is -8.80. The van der Waals surface area contributed by atoms with E-state index in [1.54, 1.807) is 0 Å². The molecule has 2 rings (SSSR count). The molecule has 8 heteroatoms. The average molecular weight is 300 g/mol. The molecular formula is C11H4ClF6N. The van der Waals surface area contributed by atoms with E-state index in [0.29, 0.717) is 6.07 Å². The number of alkyl halides is 6. The number of pyridine rings is 1. The van der Waals surface area contributed by atoms with Crippen LogP contribution in [0.5, 0.6) is 0 Å². The Labute approximate surface area is 107 Å². The fourth-order valence-corrected chi connectivity index (χ4v) is 1.89. The maximum absolute atomic E-state index is 12.8. The molecule has 2 aromatic rings. The second kappa shape index (κ2) is 4.26. The normalized spacial score (nSPS) is 13.0. The van der Waals surface area contributed by atoms with Crippen LogP contribution in [0, 0.1) is 0 Å². The van der Waals surface area contributed by atoms with Crippen LogP contribution in [0.3, 0.4) is 0 Å². The van der Waals surface area contributed by atoms with Gasteiger partial charge in [-0.05, 0) is 18.2 Å². The predicted molar refractivity (Wildman–Crippen MR) is 56.8 cm³/mol. The maximum Gasteiger partial charge on any atom is 0.417 e. The third kappa shape index (κ3) is 2.60. The first kappa shape index (κ1) is 13.9. The molecule has 0 radical (unpaired) electrons. The van der Waals surface area contributed by atoms with Crippen molar-refractivity contribution in [2.45, 2.75) is 12.4 Å². The molecule has 0 aliphatic rings. The first-order chi connectivity index (χ1) is 8.60. The topological polar surface area (TPSA) is 12.9 Å². The molecule has 0 aliphatic heterocycles. The summed E-state index contributed by atoms with van der Waals surface area (Å²) in [6.45, 7) is 0. The molecule has 0 unspecified atom stereocenters. The first-order valence-corrected chi connectivity index (χ1v) is 5.21. The van der Waals surface area contributed by atoms with Crippen molar-refractivity contribution >= 4 is 22.5 Å². The molecule has 0 saturated heterocycles. The number of nitrogens with zero attached hydrogens (tertiary/aromatic N) is 1. The molecular weight excluding hydrogens is 296 g/mol. The lowest BCUT2D eigenvalue weighted by Crippen LogP contribution is -2.11. The monoisotopic (exact) mass is 299 g/mol. The number of benzene rings is 1. The third-order valence-corrected chi connectivity index (χ3v) is 2.74. The van der Waals surface area contributed by atoms with Crippen molar-refractivity contribution in [1.29, 1.82) is 0 Å². The molecule has 0 atom stereocenters. The Balaban J connectivity index is 2.89. The molecule has 0 amide bonds. The highest BCUT2D eigenvalue weighted by molar-refractivity contribution is 6.35. The van der Waals surface area contributed by atoms with Crippen LogP contribution < -0.4 is 0 Å². The highest BCUT2D eigenvalue weighted by Gasteiger charge is 2.38. The number of aromatic nitrogens is 1. The molecule has 1 aromatic carbocycles. The summed E-state index contributed by atoms with van der Waals surface area (Å²) < 4.78 is 76.1. The zero-order valence-electron chi connectivity index (χ0n) is 8.90. The van der Waals surface area contributed by atoms with Gasteiger partial charge >= 0.3 is 12.4 Å². The Morgan fingerprint density at radius 1 is 0.947 bits per heavy atom. The molecule has 19 heavy (non-hydrogen) atoms. The van der Waals surface area contributed by atoms with Crippen molar-refractivity contribution in [1.82, 2.24) is 4.98 Å². The molecule has 0 bridgehead atoms. The van der Waals surface area contributed by atoms with Crippen LogP contribution in [0.25, 0.3) is 10.9 Å². The summed E-state index contributed by atoms with van der Waals surface area (Å²) in [7, 11) is 0. The number of hydrogen-bond donors (Lipinski definition) is 0. The summed E-state index contributed by atoms with van der Waals surface area (Å²) in [5, 5.41) is -0.837. The van der Waals surface area contributed by atoms with Crippen LogP contribution in [-0.2, 0) is 12.4 Å². The van der Waals surface area contributed by atoms with Crippen molar-refractivity contribution in [3.63, 3.8) is 0 Å². The van der Waals surface area contributed by atoms with Gasteiger partial charge in [-0.2, -0.15) is 26.3 Å². The van der Waals surface area contributed by atoms with Crippen molar-refractivity contribution in [3.05, 3.63) is 40.5 Å². The van der Waals surface area contributed by atoms with Crippen molar-refractivity contribution in [3.8, 4) is 0 Å². The van der Waals surface area contributed by atoms with Gasteiger partial charge in [0.1, 0.15) is 0 Å². The number of halogens is 7. The van der Waals surface area contributed by atoms with E-state index in [1.165, 1.54) is 0 Å². The molecule has 0 N–H and O–H groups in total. The zero-order chi connectivity index (χ0) is 14.4. The van der Waals surface area contributed by atoms with Crippen molar-refractivity contribution in [2.24, 2.45) is 0 Å². The fourth-order valence-electron chi connectivity index (χ4n) is 1.63. The Morgan fingerprint density at radius 2 is 1.58 bits per heavy atom. The number of rotatable bonds is 0. The van der Waals surface area contributed by atoms with Crippen LogP contribution in [-0.4, -0.2) is 4.98 Å². The second-order valence-electron chi connectivity index (χ2n) is 3.71. The highest BCUT2D eigenvalue weighted by Crippen LogP contribution is 2.41. The van der Waals surface area contributed by atoms with Gasteiger partial charge in [0, 0.05) is 11.6 Å².